The van der Waals surface area contributed by atoms with Gasteiger partial charge < -0.3 is 9.84 Å². The highest BCUT2D eigenvalue weighted by molar-refractivity contribution is 5.81. The number of hydrogen-bond acceptors (Lipinski definition) is 3. The van der Waals surface area contributed by atoms with Crippen molar-refractivity contribution < 1.29 is 14.6 Å². The molecule has 1 fully saturated rings. The van der Waals surface area contributed by atoms with E-state index in [4.69, 9.17) is 4.74 Å². The van der Waals surface area contributed by atoms with Gasteiger partial charge in [-0.25, -0.2) is 0 Å². The SMILES string of the molecule is O=C(O)C1(NCC2CCCO2)Cc2ccccc2C1. The van der Waals surface area contributed by atoms with E-state index in [0.717, 1.165) is 30.6 Å². The topological polar surface area (TPSA) is 58.6 Å². The number of hydrogen-bond donors (Lipinski definition) is 2. The van der Waals surface area contributed by atoms with Gasteiger partial charge in [0.1, 0.15) is 5.54 Å². The van der Waals surface area contributed by atoms with Gasteiger partial charge in [-0.15, -0.1) is 0 Å². The number of nitrogens with one attached hydrogen (secondary N) is 1. The van der Waals surface area contributed by atoms with Crippen molar-refractivity contribution in [3.05, 3.63) is 35.4 Å². The van der Waals surface area contributed by atoms with E-state index in [1.807, 2.05) is 24.3 Å². The number of benzene rings is 1. The fourth-order valence-electron chi connectivity index (χ4n) is 3.08. The van der Waals surface area contributed by atoms with Gasteiger partial charge in [-0.2, -0.15) is 0 Å². The molecule has 2 N–H and O–H groups in total. The van der Waals surface area contributed by atoms with Crippen LogP contribution in [0.4, 0.5) is 0 Å². The smallest absolute Gasteiger partial charge is 0.324 e. The maximum absolute atomic E-state index is 11.7. The number of aliphatic carboxylic acids is 1. The number of ether oxygens (including phenoxy) is 1. The lowest BCUT2D eigenvalue weighted by atomic mass is 9.95. The average molecular weight is 261 g/mol. The minimum absolute atomic E-state index is 0.167. The summed E-state index contributed by atoms with van der Waals surface area (Å²) in [7, 11) is 0. The van der Waals surface area contributed by atoms with Gasteiger partial charge in [0, 0.05) is 26.0 Å². The summed E-state index contributed by atoms with van der Waals surface area (Å²) in [6.45, 7) is 1.42. The first-order valence-electron chi connectivity index (χ1n) is 6.86. The molecule has 0 bridgehead atoms. The Balaban J connectivity index is 1.73. The van der Waals surface area contributed by atoms with Gasteiger partial charge in [0.05, 0.1) is 6.10 Å². The molecule has 4 heteroatoms. The van der Waals surface area contributed by atoms with E-state index in [1.54, 1.807) is 0 Å². The zero-order valence-corrected chi connectivity index (χ0v) is 10.9. The summed E-state index contributed by atoms with van der Waals surface area (Å²) >= 11 is 0. The van der Waals surface area contributed by atoms with Gasteiger partial charge in [-0.05, 0) is 24.0 Å². The Bertz CT molecular complexity index is 455. The maximum Gasteiger partial charge on any atom is 0.324 e. The van der Waals surface area contributed by atoms with E-state index in [0.29, 0.717) is 19.4 Å². The molecule has 102 valence electrons. The molecule has 0 spiro atoms. The Labute approximate surface area is 112 Å². The van der Waals surface area contributed by atoms with Crippen molar-refractivity contribution in [3.8, 4) is 0 Å². The fraction of sp³-hybridized carbons (Fsp3) is 0.533. The van der Waals surface area contributed by atoms with Crippen molar-refractivity contribution in [3.63, 3.8) is 0 Å². The molecule has 0 saturated carbocycles. The molecule has 0 aromatic heterocycles. The Morgan fingerprint density at radius 1 is 1.37 bits per heavy atom. The van der Waals surface area contributed by atoms with Crippen LogP contribution in [-0.2, 0) is 22.4 Å². The molecular formula is C15H19NO3. The third-order valence-electron chi connectivity index (χ3n) is 4.20. The standard InChI is InChI=1S/C15H19NO3/c17-14(18)15(16-10-13-6-3-7-19-13)8-11-4-1-2-5-12(11)9-15/h1-2,4-5,13,16H,3,6-10H2,(H,17,18). The van der Waals surface area contributed by atoms with Crippen LogP contribution in [0.1, 0.15) is 24.0 Å². The molecule has 1 aromatic rings. The van der Waals surface area contributed by atoms with Crippen molar-refractivity contribution in [1.82, 2.24) is 5.32 Å². The van der Waals surface area contributed by atoms with Gasteiger partial charge in [0.15, 0.2) is 0 Å². The second-order valence-corrected chi connectivity index (χ2v) is 5.53. The predicted molar refractivity (Wildman–Crippen MR) is 71.2 cm³/mol. The van der Waals surface area contributed by atoms with Gasteiger partial charge in [-0.1, -0.05) is 24.3 Å². The zero-order chi connectivity index (χ0) is 13.3. The minimum atomic E-state index is -0.852. The summed E-state index contributed by atoms with van der Waals surface area (Å²) in [6.07, 6.45) is 3.39. The van der Waals surface area contributed by atoms with Crippen LogP contribution in [-0.4, -0.2) is 35.9 Å². The second-order valence-electron chi connectivity index (χ2n) is 5.53. The monoisotopic (exact) mass is 261 g/mol. The van der Waals surface area contributed by atoms with Crippen LogP contribution in [0.5, 0.6) is 0 Å². The van der Waals surface area contributed by atoms with Crippen LogP contribution in [0.15, 0.2) is 24.3 Å². The first kappa shape index (κ1) is 12.6. The molecule has 19 heavy (non-hydrogen) atoms. The number of fused-ring (bicyclic) bond motifs is 1. The van der Waals surface area contributed by atoms with Crippen LogP contribution in [0.25, 0.3) is 0 Å². The van der Waals surface area contributed by atoms with Crippen molar-refractivity contribution in [2.24, 2.45) is 0 Å². The molecular weight excluding hydrogens is 242 g/mol. The Hall–Kier alpha value is -1.39. The summed E-state index contributed by atoms with van der Waals surface area (Å²) in [4.78, 5) is 11.7. The maximum atomic E-state index is 11.7. The molecule has 1 saturated heterocycles. The highest BCUT2D eigenvalue weighted by Crippen LogP contribution is 2.30. The molecule has 3 rings (SSSR count). The van der Waals surface area contributed by atoms with Gasteiger partial charge >= 0.3 is 5.97 Å². The molecule has 1 atom stereocenters. The summed E-state index contributed by atoms with van der Waals surface area (Å²) in [6, 6.07) is 7.98. The van der Waals surface area contributed by atoms with Crippen LogP contribution >= 0.6 is 0 Å². The molecule has 1 heterocycles. The van der Waals surface area contributed by atoms with Crippen molar-refractivity contribution in [2.75, 3.05) is 13.2 Å². The van der Waals surface area contributed by atoms with E-state index in [9.17, 15) is 9.90 Å². The summed E-state index contributed by atoms with van der Waals surface area (Å²) in [5.41, 5.74) is 1.44. The van der Waals surface area contributed by atoms with Crippen molar-refractivity contribution in [1.29, 1.82) is 0 Å². The third kappa shape index (κ3) is 2.38. The molecule has 1 unspecified atom stereocenters. The highest BCUT2D eigenvalue weighted by atomic mass is 16.5. The molecule has 1 aliphatic carbocycles. The lowest BCUT2D eigenvalue weighted by Crippen LogP contribution is -2.55. The van der Waals surface area contributed by atoms with E-state index in [2.05, 4.69) is 5.32 Å². The van der Waals surface area contributed by atoms with E-state index < -0.39 is 11.5 Å². The summed E-state index contributed by atoms with van der Waals surface area (Å²) < 4.78 is 5.56. The van der Waals surface area contributed by atoms with Gasteiger partial charge in [0.25, 0.3) is 0 Å². The van der Waals surface area contributed by atoms with Gasteiger partial charge in [0.2, 0.25) is 0 Å². The van der Waals surface area contributed by atoms with Crippen LogP contribution in [0.3, 0.4) is 0 Å². The zero-order valence-electron chi connectivity index (χ0n) is 10.9. The Morgan fingerprint density at radius 3 is 2.58 bits per heavy atom. The number of carbonyl (C=O) groups is 1. The first-order valence-corrected chi connectivity index (χ1v) is 6.86. The highest BCUT2D eigenvalue weighted by Gasteiger charge is 2.44. The predicted octanol–water partition coefficient (Wildman–Crippen LogP) is 1.38. The number of carboxylic acid groups (broad SMARTS) is 1. The molecule has 2 aliphatic rings. The Morgan fingerprint density at radius 2 is 2.05 bits per heavy atom. The minimum Gasteiger partial charge on any atom is -0.480 e. The fourth-order valence-corrected chi connectivity index (χ4v) is 3.08. The van der Waals surface area contributed by atoms with E-state index >= 15 is 0 Å². The van der Waals surface area contributed by atoms with Gasteiger partial charge in [-0.3, -0.25) is 10.1 Å². The second kappa shape index (κ2) is 4.94. The molecule has 4 nitrogen and oxygen atoms in total. The van der Waals surface area contributed by atoms with Crippen molar-refractivity contribution >= 4 is 5.97 Å². The molecule has 1 aliphatic heterocycles. The molecule has 0 radical (unpaired) electrons. The summed E-state index contributed by atoms with van der Waals surface area (Å²) in [5, 5.41) is 12.9. The van der Waals surface area contributed by atoms with E-state index in [-0.39, 0.29) is 6.10 Å². The summed E-state index contributed by atoms with van der Waals surface area (Å²) in [5.74, 6) is -0.762. The number of rotatable bonds is 4. The lowest BCUT2D eigenvalue weighted by Gasteiger charge is -2.27. The third-order valence-corrected chi connectivity index (χ3v) is 4.20. The molecule has 1 aromatic carbocycles. The lowest BCUT2D eigenvalue weighted by molar-refractivity contribution is -0.144. The quantitative estimate of drug-likeness (QED) is 0.859. The van der Waals surface area contributed by atoms with E-state index in [1.165, 1.54) is 0 Å². The average Bonchev–Trinajstić information content (AvgIpc) is 3.04. The Kier molecular flexibility index (Phi) is 3.29. The van der Waals surface area contributed by atoms with Crippen LogP contribution in [0.2, 0.25) is 0 Å². The largest absolute Gasteiger partial charge is 0.480 e. The molecule has 0 amide bonds. The first-order chi connectivity index (χ1) is 9.20. The normalized spacial score (nSPS) is 24.3. The van der Waals surface area contributed by atoms with Crippen LogP contribution < -0.4 is 5.32 Å². The number of carboxylic acids is 1. The van der Waals surface area contributed by atoms with Crippen molar-refractivity contribution in [2.45, 2.75) is 37.3 Å². The van der Waals surface area contributed by atoms with Crippen LogP contribution in [0, 0.1) is 0 Å².